The quantitative estimate of drug-likeness (QED) is 0.924. The third kappa shape index (κ3) is 3.22. The molecule has 1 aliphatic carbocycles. The number of morpholine rings is 1. The van der Waals surface area contributed by atoms with Crippen LogP contribution >= 0.6 is 0 Å². The van der Waals surface area contributed by atoms with Crippen molar-refractivity contribution < 1.29 is 4.74 Å². The van der Waals surface area contributed by atoms with Gasteiger partial charge in [-0.25, -0.2) is 4.98 Å². The van der Waals surface area contributed by atoms with Gasteiger partial charge in [0.15, 0.2) is 0 Å². The fourth-order valence-corrected chi connectivity index (χ4v) is 3.56. The van der Waals surface area contributed by atoms with Crippen molar-refractivity contribution in [2.24, 2.45) is 0 Å². The summed E-state index contributed by atoms with van der Waals surface area (Å²) in [6, 6.07) is 4.95. The fourth-order valence-electron chi connectivity index (χ4n) is 3.56. The minimum atomic E-state index is 0.413. The summed E-state index contributed by atoms with van der Waals surface area (Å²) in [6.45, 7) is 7.96. The van der Waals surface area contributed by atoms with Gasteiger partial charge in [-0.15, -0.1) is 0 Å². The van der Waals surface area contributed by atoms with Gasteiger partial charge in [0, 0.05) is 18.8 Å². The molecule has 4 nitrogen and oxygen atoms in total. The van der Waals surface area contributed by atoms with Crippen LogP contribution in [0.3, 0.4) is 0 Å². The van der Waals surface area contributed by atoms with E-state index in [2.05, 4.69) is 36.2 Å². The van der Waals surface area contributed by atoms with Crippen molar-refractivity contribution in [3.8, 4) is 0 Å². The topological polar surface area (TPSA) is 37.4 Å². The molecule has 21 heavy (non-hydrogen) atoms. The highest BCUT2D eigenvalue weighted by Crippen LogP contribution is 2.31. The van der Waals surface area contributed by atoms with Gasteiger partial charge in [0.2, 0.25) is 0 Å². The van der Waals surface area contributed by atoms with E-state index in [1.165, 1.54) is 31.2 Å². The van der Waals surface area contributed by atoms with Gasteiger partial charge in [-0.3, -0.25) is 0 Å². The second-order valence-corrected chi connectivity index (χ2v) is 6.15. The van der Waals surface area contributed by atoms with Gasteiger partial charge in [-0.1, -0.05) is 25.8 Å². The number of aryl methyl sites for hydroxylation is 1. The van der Waals surface area contributed by atoms with E-state index in [-0.39, 0.29) is 0 Å². The molecule has 1 aromatic heterocycles. The first kappa shape index (κ1) is 14.8. The highest BCUT2D eigenvalue weighted by molar-refractivity contribution is 5.44. The molecule has 0 bridgehead atoms. The number of hydrogen-bond donors (Lipinski definition) is 1. The van der Waals surface area contributed by atoms with Crippen LogP contribution in [0.1, 0.15) is 43.9 Å². The molecule has 116 valence electrons. The molecule has 0 radical (unpaired) electrons. The van der Waals surface area contributed by atoms with Crippen LogP contribution < -0.4 is 10.2 Å². The highest BCUT2D eigenvalue weighted by Gasteiger charge is 2.34. The van der Waals surface area contributed by atoms with E-state index in [4.69, 9.17) is 9.72 Å². The van der Waals surface area contributed by atoms with Gasteiger partial charge >= 0.3 is 0 Å². The van der Waals surface area contributed by atoms with Crippen LogP contribution in [0.15, 0.2) is 12.1 Å². The molecular weight excluding hydrogens is 262 g/mol. The number of aromatic nitrogens is 1. The van der Waals surface area contributed by atoms with Crippen molar-refractivity contribution in [1.82, 2.24) is 10.3 Å². The lowest BCUT2D eigenvalue weighted by Crippen LogP contribution is -2.53. The third-order valence-corrected chi connectivity index (χ3v) is 4.77. The summed E-state index contributed by atoms with van der Waals surface area (Å²) < 4.78 is 5.96. The normalized spacial score (nSPS) is 25.7. The molecule has 1 aliphatic heterocycles. The molecule has 0 spiro atoms. The van der Waals surface area contributed by atoms with Crippen LogP contribution in [0.2, 0.25) is 0 Å². The van der Waals surface area contributed by atoms with Crippen molar-refractivity contribution in [2.75, 3.05) is 24.6 Å². The zero-order chi connectivity index (χ0) is 14.7. The number of nitrogens with one attached hydrogen (secondary N) is 1. The van der Waals surface area contributed by atoms with Gasteiger partial charge in [0.1, 0.15) is 5.82 Å². The SMILES string of the molecule is CCNCc1ccc(N2CCOC3CCCCC32)nc1C. The number of anilines is 1. The molecule has 2 atom stereocenters. The maximum absolute atomic E-state index is 5.96. The zero-order valence-electron chi connectivity index (χ0n) is 13.3. The highest BCUT2D eigenvalue weighted by atomic mass is 16.5. The predicted octanol–water partition coefficient (Wildman–Crippen LogP) is 2.65. The Morgan fingerprint density at radius 2 is 2.19 bits per heavy atom. The number of fused-ring (bicyclic) bond motifs is 1. The van der Waals surface area contributed by atoms with Crippen molar-refractivity contribution in [3.63, 3.8) is 0 Å². The molecule has 2 aliphatic rings. The lowest BCUT2D eigenvalue weighted by Gasteiger charge is -2.44. The molecule has 3 rings (SSSR count). The van der Waals surface area contributed by atoms with E-state index in [0.717, 1.165) is 37.8 Å². The molecule has 4 heteroatoms. The number of rotatable bonds is 4. The second-order valence-electron chi connectivity index (χ2n) is 6.15. The number of hydrogen-bond acceptors (Lipinski definition) is 4. The molecule has 2 fully saturated rings. The molecule has 0 amide bonds. The Labute approximate surface area is 127 Å². The maximum Gasteiger partial charge on any atom is 0.129 e. The number of nitrogens with zero attached hydrogens (tertiary/aromatic N) is 2. The van der Waals surface area contributed by atoms with Crippen molar-refractivity contribution in [2.45, 2.75) is 58.2 Å². The van der Waals surface area contributed by atoms with E-state index in [1.54, 1.807) is 0 Å². The Hall–Kier alpha value is -1.13. The van der Waals surface area contributed by atoms with Crippen LogP contribution in [0.4, 0.5) is 5.82 Å². The van der Waals surface area contributed by atoms with Crippen LogP contribution in [-0.2, 0) is 11.3 Å². The van der Waals surface area contributed by atoms with Gasteiger partial charge in [-0.2, -0.15) is 0 Å². The first-order valence-electron chi connectivity index (χ1n) is 8.35. The summed E-state index contributed by atoms with van der Waals surface area (Å²) in [5.41, 5.74) is 2.45. The Bertz CT molecular complexity index is 475. The van der Waals surface area contributed by atoms with E-state index in [9.17, 15) is 0 Å². The average Bonchev–Trinajstić information content (AvgIpc) is 2.53. The predicted molar refractivity (Wildman–Crippen MR) is 85.7 cm³/mol. The second kappa shape index (κ2) is 6.75. The van der Waals surface area contributed by atoms with Crippen LogP contribution in [0, 0.1) is 6.92 Å². The maximum atomic E-state index is 5.96. The van der Waals surface area contributed by atoms with Gasteiger partial charge in [-0.05, 0) is 37.9 Å². The van der Waals surface area contributed by atoms with Gasteiger partial charge < -0.3 is 15.0 Å². The third-order valence-electron chi connectivity index (χ3n) is 4.77. The molecular formula is C17H27N3O. The van der Waals surface area contributed by atoms with Crippen molar-refractivity contribution in [1.29, 1.82) is 0 Å². The minimum absolute atomic E-state index is 0.413. The van der Waals surface area contributed by atoms with E-state index in [0.29, 0.717) is 12.1 Å². The van der Waals surface area contributed by atoms with Gasteiger partial charge in [0.05, 0.1) is 18.8 Å². The largest absolute Gasteiger partial charge is 0.374 e. The Kier molecular flexibility index (Phi) is 4.76. The first-order valence-corrected chi connectivity index (χ1v) is 8.35. The number of pyridine rings is 1. The summed E-state index contributed by atoms with van der Waals surface area (Å²) in [5, 5.41) is 3.38. The smallest absolute Gasteiger partial charge is 0.129 e. The first-order chi connectivity index (χ1) is 10.3. The summed E-state index contributed by atoms with van der Waals surface area (Å²) in [6.07, 6.45) is 5.49. The molecule has 2 unspecified atom stereocenters. The fraction of sp³-hybridized carbons (Fsp3) is 0.706. The monoisotopic (exact) mass is 289 g/mol. The molecule has 1 aromatic rings. The van der Waals surface area contributed by atoms with Crippen LogP contribution in [-0.4, -0.2) is 36.8 Å². The zero-order valence-corrected chi connectivity index (χ0v) is 13.3. The van der Waals surface area contributed by atoms with Crippen LogP contribution in [0.25, 0.3) is 0 Å². The standard InChI is InChI=1S/C17H27N3O/c1-3-18-12-14-8-9-17(19-13(14)2)20-10-11-21-16-7-5-4-6-15(16)20/h8-9,15-16,18H,3-7,10-12H2,1-2H3. The van der Waals surface area contributed by atoms with Crippen molar-refractivity contribution >= 4 is 5.82 Å². The molecule has 1 saturated carbocycles. The molecule has 2 heterocycles. The Morgan fingerprint density at radius 1 is 1.33 bits per heavy atom. The van der Waals surface area contributed by atoms with Crippen molar-refractivity contribution in [3.05, 3.63) is 23.4 Å². The Balaban J connectivity index is 1.77. The van der Waals surface area contributed by atoms with Crippen LogP contribution in [0.5, 0.6) is 0 Å². The number of ether oxygens (including phenoxy) is 1. The summed E-state index contributed by atoms with van der Waals surface area (Å²) in [7, 11) is 0. The van der Waals surface area contributed by atoms with E-state index in [1.807, 2.05) is 0 Å². The average molecular weight is 289 g/mol. The molecule has 1 saturated heterocycles. The molecule has 1 N–H and O–H groups in total. The summed E-state index contributed by atoms with van der Waals surface area (Å²) >= 11 is 0. The lowest BCUT2D eigenvalue weighted by atomic mass is 9.90. The Morgan fingerprint density at radius 3 is 3.00 bits per heavy atom. The van der Waals surface area contributed by atoms with E-state index >= 15 is 0 Å². The molecule has 0 aromatic carbocycles. The summed E-state index contributed by atoms with van der Waals surface area (Å²) in [5.74, 6) is 1.13. The summed E-state index contributed by atoms with van der Waals surface area (Å²) in [4.78, 5) is 7.35. The van der Waals surface area contributed by atoms with Gasteiger partial charge in [0.25, 0.3) is 0 Å². The van der Waals surface area contributed by atoms with E-state index < -0.39 is 0 Å². The lowest BCUT2D eigenvalue weighted by molar-refractivity contribution is -0.00899. The minimum Gasteiger partial charge on any atom is -0.374 e.